The van der Waals surface area contributed by atoms with Crippen molar-refractivity contribution in [3.63, 3.8) is 0 Å². The molecule has 1 N–H and O–H groups in total. The Morgan fingerprint density at radius 3 is 2.24 bits per heavy atom. The molecule has 0 radical (unpaired) electrons. The molecule has 0 atom stereocenters. The zero-order chi connectivity index (χ0) is 24.0. The Bertz CT molecular complexity index is 1240. The van der Waals surface area contributed by atoms with E-state index < -0.39 is 22.5 Å². The summed E-state index contributed by atoms with van der Waals surface area (Å²) in [6, 6.07) is 21.1. The van der Waals surface area contributed by atoms with Gasteiger partial charge in [-0.1, -0.05) is 48.0 Å². The Morgan fingerprint density at radius 1 is 0.970 bits per heavy atom. The van der Waals surface area contributed by atoms with Gasteiger partial charge in [-0.25, -0.2) is 13.8 Å². The van der Waals surface area contributed by atoms with Crippen molar-refractivity contribution >= 4 is 33.5 Å². The number of sulfonamides is 1. The highest BCUT2D eigenvalue weighted by atomic mass is 32.2. The lowest BCUT2D eigenvalue weighted by Gasteiger charge is -2.25. The van der Waals surface area contributed by atoms with Crippen molar-refractivity contribution in [2.24, 2.45) is 5.10 Å². The minimum absolute atomic E-state index is 0.113. The SMILES string of the molecule is Cc1ccc(N(CC(=O)N/N=C\c2ccc(N(C)C)cc2)S(=O)(=O)c2ccccc2)c(C)c1. The lowest BCUT2D eigenvalue weighted by molar-refractivity contribution is -0.119. The topological polar surface area (TPSA) is 82.1 Å². The fourth-order valence-corrected chi connectivity index (χ4v) is 4.81. The van der Waals surface area contributed by atoms with Gasteiger partial charge in [0.05, 0.1) is 16.8 Å². The van der Waals surface area contributed by atoms with E-state index in [0.717, 1.165) is 26.7 Å². The van der Waals surface area contributed by atoms with Gasteiger partial charge < -0.3 is 4.90 Å². The number of anilines is 2. The number of hydrogen-bond acceptors (Lipinski definition) is 5. The van der Waals surface area contributed by atoms with E-state index in [4.69, 9.17) is 0 Å². The number of aryl methyl sites for hydroxylation is 2. The first kappa shape index (κ1) is 24.0. The third kappa shape index (κ3) is 5.98. The number of benzene rings is 3. The number of hydrazone groups is 1. The van der Waals surface area contributed by atoms with Crippen LogP contribution in [-0.4, -0.2) is 41.2 Å². The van der Waals surface area contributed by atoms with Gasteiger partial charge >= 0.3 is 0 Å². The van der Waals surface area contributed by atoms with E-state index >= 15 is 0 Å². The van der Waals surface area contributed by atoms with Gasteiger partial charge in [0.2, 0.25) is 0 Å². The maximum Gasteiger partial charge on any atom is 0.264 e. The van der Waals surface area contributed by atoms with E-state index in [-0.39, 0.29) is 4.90 Å². The summed E-state index contributed by atoms with van der Waals surface area (Å²) < 4.78 is 27.9. The van der Waals surface area contributed by atoms with Crippen LogP contribution in [0.25, 0.3) is 0 Å². The third-order valence-electron chi connectivity index (χ3n) is 5.05. The van der Waals surface area contributed by atoms with Crippen LogP contribution in [0.2, 0.25) is 0 Å². The fourth-order valence-electron chi connectivity index (χ4n) is 3.31. The van der Waals surface area contributed by atoms with E-state index in [1.54, 1.807) is 24.3 Å². The monoisotopic (exact) mass is 464 g/mol. The number of amides is 1. The van der Waals surface area contributed by atoms with Gasteiger partial charge in [0, 0.05) is 19.8 Å². The Kier molecular flexibility index (Phi) is 7.50. The van der Waals surface area contributed by atoms with Crippen LogP contribution >= 0.6 is 0 Å². The molecule has 0 aliphatic rings. The molecule has 0 saturated heterocycles. The summed E-state index contributed by atoms with van der Waals surface area (Å²) in [5.74, 6) is -0.546. The summed E-state index contributed by atoms with van der Waals surface area (Å²) in [5.41, 5.74) is 6.50. The van der Waals surface area contributed by atoms with Gasteiger partial charge in [-0.05, 0) is 55.3 Å². The summed E-state index contributed by atoms with van der Waals surface area (Å²) in [6.07, 6.45) is 1.52. The highest BCUT2D eigenvalue weighted by Gasteiger charge is 2.28. The predicted octanol–water partition coefficient (Wildman–Crippen LogP) is 3.72. The quantitative estimate of drug-likeness (QED) is 0.407. The van der Waals surface area contributed by atoms with Crippen LogP contribution in [0.3, 0.4) is 0 Å². The van der Waals surface area contributed by atoms with Crippen LogP contribution in [0.1, 0.15) is 16.7 Å². The van der Waals surface area contributed by atoms with Crippen molar-refractivity contribution < 1.29 is 13.2 Å². The first-order valence-corrected chi connectivity index (χ1v) is 11.9. The molecule has 0 spiro atoms. The van der Waals surface area contributed by atoms with Gasteiger partial charge in [-0.15, -0.1) is 0 Å². The van der Waals surface area contributed by atoms with Gasteiger partial charge in [0.15, 0.2) is 0 Å². The minimum Gasteiger partial charge on any atom is -0.378 e. The molecule has 7 nitrogen and oxygen atoms in total. The predicted molar refractivity (Wildman–Crippen MR) is 133 cm³/mol. The zero-order valence-corrected chi connectivity index (χ0v) is 20.0. The summed E-state index contributed by atoms with van der Waals surface area (Å²) >= 11 is 0. The summed E-state index contributed by atoms with van der Waals surface area (Å²) in [4.78, 5) is 14.8. The van der Waals surface area contributed by atoms with E-state index in [9.17, 15) is 13.2 Å². The molecule has 0 aliphatic carbocycles. The molecule has 3 rings (SSSR count). The molecule has 1 amide bonds. The van der Waals surface area contributed by atoms with Crippen molar-refractivity contribution in [1.82, 2.24) is 5.43 Å². The Labute approximate surface area is 195 Å². The first-order chi connectivity index (χ1) is 15.7. The molecule has 172 valence electrons. The van der Waals surface area contributed by atoms with Crippen LogP contribution in [0, 0.1) is 13.8 Å². The van der Waals surface area contributed by atoms with Crippen molar-refractivity contribution in [2.45, 2.75) is 18.7 Å². The average Bonchev–Trinajstić information content (AvgIpc) is 2.79. The number of rotatable bonds is 8. The standard InChI is InChI=1S/C25H28N4O3S/c1-19-10-15-24(20(2)16-19)29(33(31,32)23-8-6-5-7-9-23)18-25(30)27-26-17-21-11-13-22(14-12-21)28(3)4/h5-17H,18H2,1-4H3,(H,27,30)/b26-17-. The van der Waals surface area contributed by atoms with E-state index in [2.05, 4.69) is 10.5 Å². The maximum atomic E-state index is 13.4. The van der Waals surface area contributed by atoms with Crippen LogP contribution < -0.4 is 14.6 Å². The highest BCUT2D eigenvalue weighted by Crippen LogP contribution is 2.27. The third-order valence-corrected chi connectivity index (χ3v) is 6.83. The van der Waals surface area contributed by atoms with Crippen LogP contribution in [0.4, 0.5) is 11.4 Å². The van der Waals surface area contributed by atoms with E-state index in [0.29, 0.717) is 5.69 Å². The van der Waals surface area contributed by atoms with Gasteiger partial charge in [-0.2, -0.15) is 5.10 Å². The molecule has 8 heteroatoms. The maximum absolute atomic E-state index is 13.4. The number of nitrogens with zero attached hydrogens (tertiary/aromatic N) is 3. The minimum atomic E-state index is -3.96. The summed E-state index contributed by atoms with van der Waals surface area (Å²) in [6.45, 7) is 3.35. The smallest absolute Gasteiger partial charge is 0.264 e. The normalized spacial score (nSPS) is 11.4. The Hall–Kier alpha value is -3.65. The number of nitrogens with one attached hydrogen (secondary N) is 1. The van der Waals surface area contributed by atoms with Crippen molar-refractivity contribution in [1.29, 1.82) is 0 Å². The Balaban J connectivity index is 1.82. The largest absolute Gasteiger partial charge is 0.378 e. The molecule has 0 bridgehead atoms. The second kappa shape index (κ2) is 10.3. The fraction of sp³-hybridized carbons (Fsp3) is 0.200. The summed E-state index contributed by atoms with van der Waals surface area (Å²) in [5, 5.41) is 3.99. The van der Waals surface area contributed by atoms with Gasteiger partial charge in [0.1, 0.15) is 6.54 Å². The first-order valence-electron chi connectivity index (χ1n) is 10.4. The zero-order valence-electron chi connectivity index (χ0n) is 19.2. The van der Waals surface area contributed by atoms with E-state index in [1.807, 2.05) is 69.2 Å². The van der Waals surface area contributed by atoms with Crippen LogP contribution in [0.15, 0.2) is 82.8 Å². The molecule has 0 saturated carbocycles. The number of hydrogen-bond donors (Lipinski definition) is 1. The van der Waals surface area contributed by atoms with Gasteiger partial charge in [-0.3, -0.25) is 9.10 Å². The molecule has 0 heterocycles. The summed E-state index contributed by atoms with van der Waals surface area (Å²) in [7, 11) is -0.0533. The van der Waals surface area contributed by atoms with Crippen LogP contribution in [-0.2, 0) is 14.8 Å². The lowest BCUT2D eigenvalue weighted by atomic mass is 10.1. The molecule has 0 aromatic heterocycles. The molecule has 0 aliphatic heterocycles. The Morgan fingerprint density at radius 2 is 1.64 bits per heavy atom. The molecule has 3 aromatic rings. The second-order valence-corrected chi connectivity index (χ2v) is 9.76. The molecular formula is C25H28N4O3S. The van der Waals surface area contributed by atoms with Gasteiger partial charge in [0.25, 0.3) is 15.9 Å². The molecule has 33 heavy (non-hydrogen) atoms. The molecule has 3 aromatic carbocycles. The van der Waals surface area contributed by atoms with Crippen LogP contribution in [0.5, 0.6) is 0 Å². The number of carbonyl (C=O) groups excluding carboxylic acids is 1. The van der Waals surface area contributed by atoms with Crippen molar-refractivity contribution in [2.75, 3.05) is 29.8 Å². The molecule has 0 fully saturated rings. The number of carbonyl (C=O) groups is 1. The van der Waals surface area contributed by atoms with Crippen molar-refractivity contribution in [3.8, 4) is 0 Å². The lowest BCUT2D eigenvalue weighted by Crippen LogP contribution is -2.40. The highest BCUT2D eigenvalue weighted by molar-refractivity contribution is 7.92. The van der Waals surface area contributed by atoms with E-state index in [1.165, 1.54) is 18.3 Å². The average molecular weight is 465 g/mol. The molecule has 0 unspecified atom stereocenters. The second-order valence-electron chi connectivity index (χ2n) is 7.89. The molecular weight excluding hydrogens is 436 g/mol. The van der Waals surface area contributed by atoms with Crippen molar-refractivity contribution in [3.05, 3.63) is 89.5 Å².